The van der Waals surface area contributed by atoms with Gasteiger partial charge < -0.3 is 9.26 Å². The van der Waals surface area contributed by atoms with E-state index in [1.54, 1.807) is 26.0 Å². The third-order valence-corrected chi connectivity index (χ3v) is 11.4. The molecule has 1 amide bonds. The lowest BCUT2D eigenvalue weighted by molar-refractivity contribution is -0.131. The zero-order valence-corrected chi connectivity index (χ0v) is 27.2. The minimum atomic E-state index is -3.99. The van der Waals surface area contributed by atoms with Crippen LogP contribution in [-0.4, -0.2) is 42.4 Å². The van der Waals surface area contributed by atoms with Crippen LogP contribution >= 0.6 is 0 Å². The van der Waals surface area contributed by atoms with E-state index in [4.69, 9.17) is 14.3 Å². The molecule has 3 fully saturated rings. The summed E-state index contributed by atoms with van der Waals surface area (Å²) in [6.45, 7) is 7.15. The number of amides is 1. The SMILES string of the molecule is CCCCC1=NC2(CC3CC3C2)C(=O)N1Cc1ccc(-c2ccccc2S(=O)(=O)Nc2noc(C)c2C)c(COCC2CC2)c1. The zero-order chi connectivity index (χ0) is 31.3. The molecule has 9 nitrogen and oxygen atoms in total. The first-order valence-electron chi connectivity index (χ1n) is 16.3. The lowest BCUT2D eigenvalue weighted by atomic mass is 9.93. The van der Waals surface area contributed by atoms with Gasteiger partial charge in [-0.05, 0) is 92.9 Å². The predicted octanol–water partition coefficient (Wildman–Crippen LogP) is 6.79. The van der Waals surface area contributed by atoms with Gasteiger partial charge in [0.1, 0.15) is 17.1 Å². The van der Waals surface area contributed by atoms with Crippen LogP contribution in [0.5, 0.6) is 0 Å². The van der Waals surface area contributed by atoms with Crippen molar-refractivity contribution in [2.75, 3.05) is 11.3 Å². The highest BCUT2D eigenvalue weighted by molar-refractivity contribution is 7.92. The van der Waals surface area contributed by atoms with Gasteiger partial charge in [-0.2, -0.15) is 0 Å². The van der Waals surface area contributed by atoms with Crippen molar-refractivity contribution < 1.29 is 22.5 Å². The monoisotopic (exact) mass is 630 g/mol. The summed E-state index contributed by atoms with van der Waals surface area (Å²) in [5.41, 5.74) is 3.31. The number of amidine groups is 1. The number of ether oxygens (including phenoxy) is 1. The van der Waals surface area contributed by atoms with E-state index in [1.807, 2.05) is 29.2 Å². The normalized spacial score (nSPS) is 23.9. The minimum absolute atomic E-state index is 0.145. The van der Waals surface area contributed by atoms with Gasteiger partial charge in [-0.1, -0.05) is 54.9 Å². The number of hydrogen-bond donors (Lipinski definition) is 1. The summed E-state index contributed by atoms with van der Waals surface area (Å²) in [5, 5.41) is 3.91. The van der Waals surface area contributed by atoms with Crippen LogP contribution in [0, 0.1) is 31.6 Å². The largest absolute Gasteiger partial charge is 0.376 e. The van der Waals surface area contributed by atoms with Gasteiger partial charge in [-0.3, -0.25) is 19.4 Å². The maximum atomic E-state index is 13.9. The second-order valence-corrected chi connectivity index (χ2v) is 15.1. The summed E-state index contributed by atoms with van der Waals surface area (Å²) in [6, 6.07) is 13.0. The molecule has 0 radical (unpaired) electrons. The predicted molar refractivity (Wildman–Crippen MR) is 172 cm³/mol. The molecule has 45 heavy (non-hydrogen) atoms. The molecule has 2 heterocycles. The fourth-order valence-corrected chi connectivity index (χ4v) is 8.27. The maximum absolute atomic E-state index is 13.9. The zero-order valence-electron chi connectivity index (χ0n) is 26.3. The number of rotatable bonds is 13. The Morgan fingerprint density at radius 1 is 1.09 bits per heavy atom. The third-order valence-electron chi connectivity index (χ3n) is 9.99. The second kappa shape index (κ2) is 11.7. The third kappa shape index (κ3) is 5.94. The molecule has 2 unspecified atom stereocenters. The van der Waals surface area contributed by atoms with E-state index in [0.29, 0.717) is 54.4 Å². The van der Waals surface area contributed by atoms with Crippen molar-refractivity contribution in [1.29, 1.82) is 0 Å². The van der Waals surface area contributed by atoms with E-state index in [0.717, 1.165) is 54.6 Å². The van der Waals surface area contributed by atoms with Crippen molar-refractivity contribution in [2.45, 2.75) is 95.7 Å². The van der Waals surface area contributed by atoms with E-state index >= 15 is 0 Å². The second-order valence-electron chi connectivity index (χ2n) is 13.5. The van der Waals surface area contributed by atoms with Crippen LogP contribution in [0.25, 0.3) is 11.1 Å². The highest BCUT2D eigenvalue weighted by atomic mass is 32.2. The Balaban J connectivity index is 1.20. The number of nitrogens with one attached hydrogen (secondary N) is 1. The summed E-state index contributed by atoms with van der Waals surface area (Å²) in [5.74, 6) is 3.71. The average molecular weight is 631 g/mol. The molecule has 1 aromatic heterocycles. The molecule has 0 saturated heterocycles. The summed E-state index contributed by atoms with van der Waals surface area (Å²) < 4.78 is 41.4. The molecule has 2 aromatic carbocycles. The number of nitrogens with zero attached hydrogens (tertiary/aromatic N) is 3. The molecule has 3 aromatic rings. The Labute approximate surface area is 265 Å². The van der Waals surface area contributed by atoms with Crippen LogP contribution in [0.15, 0.2) is 56.9 Å². The van der Waals surface area contributed by atoms with Crippen LogP contribution in [0.1, 0.15) is 80.7 Å². The first kappa shape index (κ1) is 30.2. The maximum Gasteiger partial charge on any atom is 0.263 e. The number of hydrogen-bond acceptors (Lipinski definition) is 7. The summed E-state index contributed by atoms with van der Waals surface area (Å²) in [6.07, 6.45) is 8.22. The number of carbonyl (C=O) groups is 1. The summed E-state index contributed by atoms with van der Waals surface area (Å²) in [7, 11) is -3.99. The first-order valence-corrected chi connectivity index (χ1v) is 17.8. The van der Waals surface area contributed by atoms with Crippen LogP contribution in [0.2, 0.25) is 0 Å². The summed E-state index contributed by atoms with van der Waals surface area (Å²) >= 11 is 0. The highest BCUT2D eigenvalue weighted by Gasteiger charge is 2.61. The quantitative estimate of drug-likeness (QED) is 0.223. The van der Waals surface area contributed by atoms with Gasteiger partial charge in [0.15, 0.2) is 5.82 Å². The van der Waals surface area contributed by atoms with E-state index in [-0.39, 0.29) is 16.6 Å². The molecule has 3 saturated carbocycles. The number of benzene rings is 2. The Morgan fingerprint density at radius 3 is 2.58 bits per heavy atom. The van der Waals surface area contributed by atoms with Gasteiger partial charge in [0.2, 0.25) is 0 Å². The number of carbonyl (C=O) groups excluding carboxylic acids is 1. The van der Waals surface area contributed by atoms with Crippen LogP contribution < -0.4 is 4.72 Å². The number of aryl methyl sites for hydroxylation is 1. The summed E-state index contributed by atoms with van der Waals surface area (Å²) in [4.78, 5) is 21.1. The lowest BCUT2D eigenvalue weighted by Gasteiger charge is -2.24. The van der Waals surface area contributed by atoms with Crippen molar-refractivity contribution in [1.82, 2.24) is 10.1 Å². The first-order chi connectivity index (χ1) is 21.7. The number of sulfonamides is 1. The van der Waals surface area contributed by atoms with E-state index < -0.39 is 15.6 Å². The fourth-order valence-electron chi connectivity index (χ4n) is 6.99. The van der Waals surface area contributed by atoms with E-state index in [1.165, 1.54) is 19.3 Å². The topological polar surface area (TPSA) is 114 Å². The standard InChI is InChI=1S/C35H42N4O5S/c1-4-5-10-32-36-35(17-26-16-27(26)18-35)34(40)39(32)19-25-13-14-29(28(15-25)21-43-20-24-11-12-24)30-8-6-7-9-31(30)45(41,42)38-33-22(2)23(3)44-37-33/h6-9,13-15,24,26-27H,4-5,10-12,16-21H2,1-3H3,(H,37,38). The number of aliphatic imine (C=N–C) groups is 1. The minimum Gasteiger partial charge on any atom is -0.376 e. The molecule has 4 aliphatic rings. The smallest absolute Gasteiger partial charge is 0.263 e. The molecule has 3 aliphatic carbocycles. The number of unbranched alkanes of at least 4 members (excludes halogenated alkanes) is 1. The van der Waals surface area contributed by atoms with Gasteiger partial charge >= 0.3 is 0 Å². The molecule has 10 heteroatoms. The van der Waals surface area contributed by atoms with Gasteiger partial charge in [-0.25, -0.2) is 8.42 Å². The highest BCUT2D eigenvalue weighted by Crippen LogP contribution is 2.59. The molecule has 238 valence electrons. The molecule has 1 aliphatic heterocycles. The van der Waals surface area contributed by atoms with E-state index in [2.05, 4.69) is 22.9 Å². The van der Waals surface area contributed by atoms with Crippen LogP contribution in [0.3, 0.4) is 0 Å². The van der Waals surface area contributed by atoms with Crippen LogP contribution in [-0.2, 0) is 32.7 Å². The van der Waals surface area contributed by atoms with Crippen molar-refractivity contribution in [3.8, 4) is 11.1 Å². The number of fused-ring (bicyclic) bond motifs is 1. The lowest BCUT2D eigenvalue weighted by Crippen LogP contribution is -2.41. The van der Waals surface area contributed by atoms with Crippen molar-refractivity contribution >= 4 is 27.6 Å². The van der Waals surface area contributed by atoms with E-state index in [9.17, 15) is 13.2 Å². The Kier molecular flexibility index (Phi) is 7.84. The molecule has 2 atom stereocenters. The molecule has 1 spiro atoms. The Morgan fingerprint density at radius 2 is 1.87 bits per heavy atom. The molecule has 7 rings (SSSR count). The van der Waals surface area contributed by atoms with Crippen molar-refractivity contribution in [2.24, 2.45) is 22.7 Å². The Hall–Kier alpha value is -3.50. The van der Waals surface area contributed by atoms with Crippen LogP contribution in [0.4, 0.5) is 5.82 Å². The van der Waals surface area contributed by atoms with Gasteiger partial charge in [-0.15, -0.1) is 0 Å². The number of aromatic nitrogens is 1. The van der Waals surface area contributed by atoms with Crippen molar-refractivity contribution in [3.05, 3.63) is 64.9 Å². The molecular weight excluding hydrogens is 588 g/mol. The molecule has 0 bridgehead atoms. The van der Waals surface area contributed by atoms with Gasteiger partial charge in [0.25, 0.3) is 15.9 Å². The molecular formula is C35H42N4O5S. The fraction of sp³-hybridized carbons (Fsp3) is 0.514. The number of anilines is 1. The van der Waals surface area contributed by atoms with Gasteiger partial charge in [0.05, 0.1) is 18.0 Å². The average Bonchev–Trinajstić information content (AvgIpc) is 3.93. The Bertz CT molecular complexity index is 1750. The van der Waals surface area contributed by atoms with Gasteiger partial charge in [0, 0.05) is 24.2 Å². The van der Waals surface area contributed by atoms with Crippen molar-refractivity contribution in [3.63, 3.8) is 0 Å². The molecule has 1 N–H and O–H groups in total.